The zero-order valence-electron chi connectivity index (χ0n) is 8.64. The van der Waals surface area contributed by atoms with Crippen LogP contribution in [-0.4, -0.2) is 10.7 Å². The summed E-state index contributed by atoms with van der Waals surface area (Å²) in [4.78, 5) is 27.2. The normalized spacial score (nSPS) is 10.3. The molecule has 82 valence electrons. The molecule has 0 aliphatic carbocycles. The minimum Gasteiger partial charge on any atom is -0.399 e. The van der Waals surface area contributed by atoms with E-state index >= 15 is 0 Å². The van der Waals surface area contributed by atoms with Gasteiger partial charge in [0.25, 0.3) is 5.56 Å². The first-order chi connectivity index (χ1) is 7.58. The van der Waals surface area contributed by atoms with E-state index in [1.54, 1.807) is 24.3 Å². The van der Waals surface area contributed by atoms with Crippen LogP contribution in [-0.2, 0) is 4.79 Å². The summed E-state index contributed by atoms with van der Waals surface area (Å²) in [6.07, 6.45) is 0. The lowest BCUT2D eigenvalue weighted by Crippen LogP contribution is -2.29. The van der Waals surface area contributed by atoms with Gasteiger partial charge < -0.3 is 10.6 Å². The topological polar surface area (TPSA) is 74.3 Å². The average molecular weight is 218 g/mol. The zero-order valence-corrected chi connectivity index (χ0v) is 8.64. The monoisotopic (exact) mass is 218 g/mol. The lowest BCUT2D eigenvalue weighted by atomic mass is 10.2. The minimum absolute atomic E-state index is 0.409. The van der Waals surface area contributed by atoms with Gasteiger partial charge in [-0.25, -0.2) is 4.79 Å². The number of hydrogen-bond donors (Lipinski definition) is 1. The van der Waals surface area contributed by atoms with Crippen molar-refractivity contribution in [1.29, 1.82) is 0 Å². The molecule has 0 aliphatic heterocycles. The first-order valence-corrected chi connectivity index (χ1v) is 4.68. The summed E-state index contributed by atoms with van der Waals surface area (Å²) < 4.78 is 0.939. The van der Waals surface area contributed by atoms with Crippen LogP contribution in [0.25, 0.3) is 10.9 Å². The summed E-state index contributed by atoms with van der Waals surface area (Å²) in [5.41, 5.74) is 6.18. The molecule has 0 saturated carbocycles. The molecule has 0 amide bonds. The first-order valence-electron chi connectivity index (χ1n) is 4.68. The summed E-state index contributed by atoms with van der Waals surface area (Å²) in [7, 11) is 0. The standard InChI is InChI=1S/C11H10N2O3/c1-7(14)16-13-10-6-9(12)4-2-8(10)3-5-11(13)15/h2-6H,12H2,1H3. The molecule has 0 atom stereocenters. The Morgan fingerprint density at radius 1 is 1.31 bits per heavy atom. The number of nitrogen functional groups attached to an aromatic ring is 1. The fraction of sp³-hybridized carbons (Fsp3) is 0.0909. The molecule has 5 nitrogen and oxygen atoms in total. The molecule has 1 heterocycles. The number of aromatic nitrogens is 1. The van der Waals surface area contributed by atoms with Crippen molar-refractivity contribution >= 4 is 22.6 Å². The van der Waals surface area contributed by atoms with Gasteiger partial charge in [0, 0.05) is 24.1 Å². The van der Waals surface area contributed by atoms with Crippen molar-refractivity contribution in [2.75, 3.05) is 5.73 Å². The van der Waals surface area contributed by atoms with Gasteiger partial charge in [-0.15, -0.1) is 4.73 Å². The van der Waals surface area contributed by atoms with E-state index < -0.39 is 11.5 Å². The van der Waals surface area contributed by atoms with E-state index in [4.69, 9.17) is 10.6 Å². The van der Waals surface area contributed by atoms with Crippen LogP contribution in [0.5, 0.6) is 0 Å². The van der Waals surface area contributed by atoms with E-state index in [1.807, 2.05) is 0 Å². The molecule has 0 fully saturated rings. The Kier molecular flexibility index (Phi) is 2.36. The maximum Gasteiger partial charge on any atom is 0.330 e. The molecule has 1 aromatic carbocycles. The van der Waals surface area contributed by atoms with Crippen molar-refractivity contribution in [1.82, 2.24) is 4.73 Å². The smallest absolute Gasteiger partial charge is 0.330 e. The van der Waals surface area contributed by atoms with Crippen LogP contribution in [0.1, 0.15) is 6.92 Å². The molecule has 2 N–H and O–H groups in total. The van der Waals surface area contributed by atoms with Crippen LogP contribution in [0.3, 0.4) is 0 Å². The van der Waals surface area contributed by atoms with Gasteiger partial charge in [0.15, 0.2) is 0 Å². The average Bonchev–Trinajstić information content (AvgIpc) is 2.22. The number of hydrogen-bond acceptors (Lipinski definition) is 4. The van der Waals surface area contributed by atoms with Crippen molar-refractivity contribution < 1.29 is 9.63 Å². The number of pyridine rings is 1. The van der Waals surface area contributed by atoms with Gasteiger partial charge >= 0.3 is 5.97 Å². The summed E-state index contributed by atoms with van der Waals surface area (Å²) in [5, 5.41) is 0.773. The molecule has 0 radical (unpaired) electrons. The fourth-order valence-corrected chi connectivity index (χ4v) is 1.45. The van der Waals surface area contributed by atoms with Crippen LogP contribution < -0.4 is 16.1 Å². The highest BCUT2D eigenvalue weighted by Gasteiger charge is 2.06. The number of anilines is 1. The van der Waals surface area contributed by atoms with E-state index in [1.165, 1.54) is 13.0 Å². The van der Waals surface area contributed by atoms with Gasteiger partial charge in [0.05, 0.1) is 5.52 Å². The Morgan fingerprint density at radius 2 is 2.00 bits per heavy atom. The summed E-state index contributed by atoms with van der Waals surface area (Å²) in [5.74, 6) is -0.558. The number of carbonyl (C=O) groups excluding carboxylic acids is 1. The number of nitrogens with zero attached hydrogens (tertiary/aromatic N) is 1. The van der Waals surface area contributed by atoms with Gasteiger partial charge in [-0.1, -0.05) is 6.07 Å². The SMILES string of the molecule is CC(=O)On1c(=O)ccc2ccc(N)cc21. The fourth-order valence-electron chi connectivity index (χ4n) is 1.45. The summed E-state index contributed by atoms with van der Waals surface area (Å²) in [6, 6.07) is 8.03. The second-order valence-corrected chi connectivity index (χ2v) is 3.37. The number of benzene rings is 1. The lowest BCUT2D eigenvalue weighted by molar-refractivity contribution is -0.141. The van der Waals surface area contributed by atoms with Crippen molar-refractivity contribution in [3.63, 3.8) is 0 Å². The predicted molar refractivity (Wildman–Crippen MR) is 59.9 cm³/mol. The molecule has 5 heteroatoms. The third-order valence-electron chi connectivity index (χ3n) is 2.10. The molecular weight excluding hydrogens is 208 g/mol. The second-order valence-electron chi connectivity index (χ2n) is 3.37. The first kappa shape index (κ1) is 10.2. The van der Waals surface area contributed by atoms with Crippen molar-refractivity contribution in [3.05, 3.63) is 40.7 Å². The maximum absolute atomic E-state index is 11.5. The van der Waals surface area contributed by atoms with Crippen molar-refractivity contribution in [3.8, 4) is 0 Å². The molecular formula is C11H10N2O3. The highest BCUT2D eigenvalue weighted by atomic mass is 16.7. The molecule has 0 saturated heterocycles. The summed E-state index contributed by atoms with van der Waals surface area (Å²) >= 11 is 0. The highest BCUT2D eigenvalue weighted by Crippen LogP contribution is 2.14. The van der Waals surface area contributed by atoms with Gasteiger partial charge in [-0.3, -0.25) is 4.79 Å². The Labute approximate surface area is 91.0 Å². The molecule has 1 aromatic heterocycles. The Hall–Kier alpha value is -2.30. The summed E-state index contributed by atoms with van der Waals surface area (Å²) in [6.45, 7) is 1.23. The van der Waals surface area contributed by atoms with Crippen LogP contribution in [0.2, 0.25) is 0 Å². The molecule has 0 bridgehead atoms. The quantitative estimate of drug-likeness (QED) is 0.709. The molecule has 2 rings (SSSR count). The number of rotatable bonds is 1. The lowest BCUT2D eigenvalue weighted by Gasteiger charge is -2.08. The number of carbonyl (C=O) groups is 1. The zero-order chi connectivity index (χ0) is 11.7. The van der Waals surface area contributed by atoms with Crippen molar-refractivity contribution in [2.24, 2.45) is 0 Å². The Bertz CT molecular complexity index is 616. The van der Waals surface area contributed by atoms with Crippen LogP contribution in [0.15, 0.2) is 35.1 Å². The largest absolute Gasteiger partial charge is 0.399 e. The van der Waals surface area contributed by atoms with Crippen LogP contribution in [0.4, 0.5) is 5.69 Å². The van der Waals surface area contributed by atoms with E-state index in [9.17, 15) is 9.59 Å². The maximum atomic E-state index is 11.5. The Balaban J connectivity index is 2.77. The van der Waals surface area contributed by atoms with Gasteiger partial charge in [0.2, 0.25) is 0 Å². The van der Waals surface area contributed by atoms with Crippen molar-refractivity contribution in [2.45, 2.75) is 6.92 Å². The van der Waals surface area contributed by atoms with E-state index in [0.717, 1.165) is 10.1 Å². The second kappa shape index (κ2) is 3.69. The molecule has 0 spiro atoms. The number of fused-ring (bicyclic) bond motifs is 1. The van der Waals surface area contributed by atoms with Gasteiger partial charge in [-0.2, -0.15) is 0 Å². The van der Waals surface area contributed by atoms with E-state index in [0.29, 0.717) is 11.2 Å². The molecule has 2 aromatic rings. The van der Waals surface area contributed by atoms with Gasteiger partial charge in [0.1, 0.15) is 0 Å². The van der Waals surface area contributed by atoms with Crippen LogP contribution in [0, 0.1) is 0 Å². The molecule has 16 heavy (non-hydrogen) atoms. The minimum atomic E-state index is -0.558. The van der Waals surface area contributed by atoms with Gasteiger partial charge in [-0.05, 0) is 18.2 Å². The number of nitrogens with two attached hydrogens (primary N) is 1. The van der Waals surface area contributed by atoms with E-state index in [-0.39, 0.29) is 0 Å². The third-order valence-corrected chi connectivity index (χ3v) is 2.10. The Morgan fingerprint density at radius 3 is 2.69 bits per heavy atom. The van der Waals surface area contributed by atoms with E-state index in [2.05, 4.69) is 0 Å². The highest BCUT2D eigenvalue weighted by molar-refractivity contribution is 5.82. The molecule has 0 unspecified atom stereocenters. The van der Waals surface area contributed by atoms with Crippen LogP contribution >= 0.6 is 0 Å². The molecule has 0 aliphatic rings. The third kappa shape index (κ3) is 1.75. The predicted octanol–water partition coefficient (Wildman–Crippen LogP) is 0.559.